The third kappa shape index (κ3) is 7.10. The number of hydrogen-bond donors (Lipinski definition) is 2. The molecule has 1 saturated carbocycles. The predicted octanol–water partition coefficient (Wildman–Crippen LogP) is 4.79. The molecule has 138 valence electrons. The molecule has 0 atom stereocenters. The fourth-order valence-electron chi connectivity index (χ4n) is 3.16. The molecular formula is C20H29NO3S. The molecule has 1 aliphatic rings. The maximum Gasteiger partial charge on any atom is 0.303 e. The van der Waals surface area contributed by atoms with E-state index < -0.39 is 5.97 Å². The molecule has 2 rings (SSSR count). The molecule has 0 radical (unpaired) electrons. The standard InChI is InChI=1S/C20H29NO3S/c1-15-11-12-18(25-16-8-5-6-9-16)17(14-15)20(24)21-13-7-3-2-4-10-19(22)23/h11-12,14,16H,2-10,13H2,1H3,(H,21,24)(H,22,23). The van der Waals surface area contributed by atoms with Gasteiger partial charge in [0.2, 0.25) is 0 Å². The van der Waals surface area contributed by atoms with Gasteiger partial charge in [0.05, 0.1) is 5.56 Å². The number of amides is 1. The van der Waals surface area contributed by atoms with E-state index in [9.17, 15) is 9.59 Å². The number of carbonyl (C=O) groups is 2. The molecule has 0 bridgehead atoms. The lowest BCUT2D eigenvalue weighted by Gasteiger charge is -2.14. The second-order valence-corrected chi connectivity index (χ2v) is 8.18. The largest absolute Gasteiger partial charge is 0.481 e. The smallest absolute Gasteiger partial charge is 0.303 e. The lowest BCUT2D eigenvalue weighted by atomic mass is 10.1. The van der Waals surface area contributed by atoms with Gasteiger partial charge in [-0.05, 0) is 44.7 Å². The summed E-state index contributed by atoms with van der Waals surface area (Å²) in [6.45, 7) is 2.66. The van der Waals surface area contributed by atoms with E-state index in [1.54, 1.807) is 0 Å². The van der Waals surface area contributed by atoms with Gasteiger partial charge in [-0.15, -0.1) is 11.8 Å². The van der Waals surface area contributed by atoms with Crippen LogP contribution in [0.15, 0.2) is 23.1 Å². The zero-order chi connectivity index (χ0) is 18.1. The molecule has 4 nitrogen and oxygen atoms in total. The summed E-state index contributed by atoms with van der Waals surface area (Å²) in [6, 6.07) is 6.15. The van der Waals surface area contributed by atoms with E-state index in [1.807, 2.05) is 24.8 Å². The predicted molar refractivity (Wildman–Crippen MR) is 102 cm³/mol. The first-order valence-corrected chi connectivity index (χ1v) is 10.2. The van der Waals surface area contributed by atoms with Gasteiger partial charge in [0.15, 0.2) is 0 Å². The molecule has 1 aromatic rings. The monoisotopic (exact) mass is 363 g/mol. The van der Waals surface area contributed by atoms with Crippen molar-refractivity contribution in [2.45, 2.75) is 74.9 Å². The Balaban J connectivity index is 1.79. The number of hydrogen-bond acceptors (Lipinski definition) is 3. The quantitative estimate of drug-likeness (QED) is 0.586. The minimum atomic E-state index is -0.736. The normalized spacial score (nSPS) is 14.6. The van der Waals surface area contributed by atoms with E-state index in [4.69, 9.17) is 5.11 Å². The van der Waals surface area contributed by atoms with Crippen LogP contribution < -0.4 is 5.32 Å². The highest BCUT2D eigenvalue weighted by Crippen LogP contribution is 2.36. The van der Waals surface area contributed by atoms with Crippen molar-refractivity contribution in [2.24, 2.45) is 0 Å². The van der Waals surface area contributed by atoms with Crippen LogP contribution in [0.3, 0.4) is 0 Å². The zero-order valence-corrected chi connectivity index (χ0v) is 15.9. The van der Waals surface area contributed by atoms with E-state index in [0.29, 0.717) is 18.2 Å². The summed E-state index contributed by atoms with van der Waals surface area (Å²) >= 11 is 1.85. The van der Waals surface area contributed by atoms with Crippen molar-refractivity contribution in [3.8, 4) is 0 Å². The van der Waals surface area contributed by atoms with E-state index >= 15 is 0 Å². The average molecular weight is 364 g/mol. The third-order valence-corrected chi connectivity index (χ3v) is 5.99. The van der Waals surface area contributed by atoms with Crippen LogP contribution in [0, 0.1) is 6.92 Å². The van der Waals surface area contributed by atoms with Gasteiger partial charge in [0.25, 0.3) is 5.91 Å². The molecule has 25 heavy (non-hydrogen) atoms. The van der Waals surface area contributed by atoms with Gasteiger partial charge < -0.3 is 10.4 Å². The number of carboxylic acids is 1. The first-order chi connectivity index (χ1) is 12.1. The van der Waals surface area contributed by atoms with E-state index in [2.05, 4.69) is 17.4 Å². The molecule has 0 aliphatic heterocycles. The molecule has 1 fully saturated rings. The number of nitrogens with one attached hydrogen (secondary N) is 1. The average Bonchev–Trinajstić information content (AvgIpc) is 3.08. The van der Waals surface area contributed by atoms with Crippen LogP contribution in [0.25, 0.3) is 0 Å². The number of carboxylic acid groups (broad SMARTS) is 1. The first-order valence-electron chi connectivity index (χ1n) is 9.33. The van der Waals surface area contributed by atoms with E-state index in [-0.39, 0.29) is 12.3 Å². The highest BCUT2D eigenvalue weighted by atomic mass is 32.2. The number of unbranched alkanes of at least 4 members (excludes halogenated alkanes) is 3. The highest BCUT2D eigenvalue weighted by Gasteiger charge is 2.19. The molecule has 1 aromatic carbocycles. The van der Waals surface area contributed by atoms with Crippen molar-refractivity contribution in [2.75, 3.05) is 6.54 Å². The van der Waals surface area contributed by atoms with Gasteiger partial charge in [-0.1, -0.05) is 37.3 Å². The van der Waals surface area contributed by atoms with Gasteiger partial charge in [0, 0.05) is 23.1 Å². The highest BCUT2D eigenvalue weighted by molar-refractivity contribution is 8.00. The van der Waals surface area contributed by atoms with Gasteiger partial charge in [-0.3, -0.25) is 9.59 Å². The van der Waals surface area contributed by atoms with Crippen LogP contribution in [-0.4, -0.2) is 28.8 Å². The summed E-state index contributed by atoms with van der Waals surface area (Å²) < 4.78 is 0. The summed E-state index contributed by atoms with van der Waals surface area (Å²) in [5.74, 6) is -0.727. The minimum absolute atomic E-state index is 0.00901. The summed E-state index contributed by atoms with van der Waals surface area (Å²) in [5.41, 5.74) is 1.90. The lowest BCUT2D eigenvalue weighted by Crippen LogP contribution is -2.25. The van der Waals surface area contributed by atoms with Crippen molar-refractivity contribution < 1.29 is 14.7 Å². The molecule has 0 spiro atoms. The molecule has 5 heteroatoms. The maximum absolute atomic E-state index is 12.6. The number of benzene rings is 1. The molecule has 0 saturated heterocycles. The van der Waals surface area contributed by atoms with Gasteiger partial charge >= 0.3 is 5.97 Å². The first kappa shape index (κ1) is 19.8. The Hall–Kier alpha value is -1.49. The Morgan fingerprint density at radius 1 is 1.16 bits per heavy atom. The molecular weight excluding hydrogens is 334 g/mol. The number of thioether (sulfide) groups is 1. The summed E-state index contributed by atoms with van der Waals surface area (Å²) in [6.07, 6.45) is 8.77. The van der Waals surface area contributed by atoms with Gasteiger partial charge in [-0.25, -0.2) is 0 Å². The van der Waals surface area contributed by atoms with Crippen LogP contribution >= 0.6 is 11.8 Å². The van der Waals surface area contributed by atoms with Crippen molar-refractivity contribution in [1.29, 1.82) is 0 Å². The Kier molecular flexibility index (Phi) is 8.32. The van der Waals surface area contributed by atoms with Gasteiger partial charge in [-0.2, -0.15) is 0 Å². The third-order valence-electron chi connectivity index (χ3n) is 4.58. The van der Waals surface area contributed by atoms with Crippen molar-refractivity contribution in [3.05, 3.63) is 29.3 Å². The summed E-state index contributed by atoms with van der Waals surface area (Å²) in [4.78, 5) is 24.1. The Bertz CT molecular complexity index is 582. The number of rotatable bonds is 10. The number of aryl methyl sites for hydroxylation is 1. The molecule has 2 N–H and O–H groups in total. The number of carbonyl (C=O) groups excluding carboxylic acids is 1. The molecule has 0 unspecified atom stereocenters. The second kappa shape index (κ2) is 10.5. The lowest BCUT2D eigenvalue weighted by molar-refractivity contribution is -0.137. The SMILES string of the molecule is Cc1ccc(SC2CCCC2)c(C(=O)NCCCCCCC(=O)O)c1. The Morgan fingerprint density at radius 2 is 1.88 bits per heavy atom. The van der Waals surface area contributed by atoms with Crippen molar-refractivity contribution >= 4 is 23.6 Å². The molecule has 0 heterocycles. The van der Waals surface area contributed by atoms with Crippen LogP contribution in [0.5, 0.6) is 0 Å². The van der Waals surface area contributed by atoms with Gasteiger partial charge in [0.1, 0.15) is 0 Å². The zero-order valence-electron chi connectivity index (χ0n) is 15.1. The van der Waals surface area contributed by atoms with E-state index in [0.717, 1.165) is 35.3 Å². The van der Waals surface area contributed by atoms with Crippen molar-refractivity contribution in [3.63, 3.8) is 0 Å². The molecule has 1 amide bonds. The summed E-state index contributed by atoms with van der Waals surface area (Å²) in [5, 5.41) is 12.3. The fraction of sp³-hybridized carbons (Fsp3) is 0.600. The van der Waals surface area contributed by atoms with Crippen LogP contribution in [0.1, 0.15) is 73.7 Å². The topological polar surface area (TPSA) is 66.4 Å². The van der Waals surface area contributed by atoms with Crippen molar-refractivity contribution in [1.82, 2.24) is 5.32 Å². The summed E-state index contributed by atoms with van der Waals surface area (Å²) in [7, 11) is 0. The van der Waals surface area contributed by atoms with E-state index in [1.165, 1.54) is 25.7 Å². The Morgan fingerprint density at radius 3 is 2.60 bits per heavy atom. The van der Waals surface area contributed by atoms with Crippen LogP contribution in [-0.2, 0) is 4.79 Å². The van der Waals surface area contributed by atoms with Crippen LogP contribution in [0.2, 0.25) is 0 Å². The molecule has 1 aliphatic carbocycles. The minimum Gasteiger partial charge on any atom is -0.481 e. The maximum atomic E-state index is 12.6. The second-order valence-electron chi connectivity index (χ2n) is 6.84. The Labute approximate surface area is 154 Å². The van der Waals surface area contributed by atoms with Crippen LogP contribution in [0.4, 0.5) is 0 Å². The fourth-order valence-corrected chi connectivity index (χ4v) is 4.52. The molecule has 0 aromatic heterocycles. The number of aliphatic carboxylic acids is 1.